The van der Waals surface area contributed by atoms with Crippen LogP contribution in [0.4, 0.5) is 0 Å². The SMILES string of the molecule is CC(=O)C1=CC(C)=C/C1=C(/C)O. The van der Waals surface area contributed by atoms with Gasteiger partial charge in [-0.2, -0.15) is 0 Å². The molecule has 12 heavy (non-hydrogen) atoms. The highest BCUT2D eigenvalue weighted by Gasteiger charge is 2.16. The zero-order valence-electron chi connectivity index (χ0n) is 7.51. The number of hydrogen-bond acceptors (Lipinski definition) is 2. The van der Waals surface area contributed by atoms with E-state index in [0.29, 0.717) is 11.1 Å². The van der Waals surface area contributed by atoms with Gasteiger partial charge < -0.3 is 5.11 Å². The molecule has 1 rings (SSSR count). The Morgan fingerprint density at radius 1 is 1.33 bits per heavy atom. The first-order valence-electron chi connectivity index (χ1n) is 3.83. The topological polar surface area (TPSA) is 37.3 Å². The van der Waals surface area contributed by atoms with Crippen molar-refractivity contribution in [3.8, 4) is 0 Å². The predicted molar refractivity (Wildman–Crippen MR) is 47.8 cm³/mol. The van der Waals surface area contributed by atoms with Gasteiger partial charge in [0.15, 0.2) is 5.78 Å². The number of aliphatic hydroxyl groups excluding tert-OH is 1. The lowest BCUT2D eigenvalue weighted by Crippen LogP contribution is -1.97. The molecule has 2 heteroatoms. The summed E-state index contributed by atoms with van der Waals surface area (Å²) in [5.41, 5.74) is 2.26. The minimum atomic E-state index is -0.00787. The summed E-state index contributed by atoms with van der Waals surface area (Å²) in [7, 11) is 0. The van der Waals surface area contributed by atoms with Gasteiger partial charge in [-0.15, -0.1) is 0 Å². The second kappa shape index (κ2) is 2.97. The van der Waals surface area contributed by atoms with Crippen LogP contribution in [-0.4, -0.2) is 10.9 Å². The number of rotatable bonds is 1. The van der Waals surface area contributed by atoms with Crippen molar-refractivity contribution in [3.63, 3.8) is 0 Å². The Hall–Kier alpha value is -1.31. The molecule has 0 aromatic carbocycles. The van der Waals surface area contributed by atoms with Gasteiger partial charge in [-0.25, -0.2) is 0 Å². The average Bonchev–Trinajstić information content (AvgIpc) is 2.31. The van der Waals surface area contributed by atoms with Crippen molar-refractivity contribution in [1.82, 2.24) is 0 Å². The van der Waals surface area contributed by atoms with Crippen LogP contribution in [0.3, 0.4) is 0 Å². The van der Waals surface area contributed by atoms with Crippen molar-refractivity contribution in [3.05, 3.63) is 34.6 Å². The van der Waals surface area contributed by atoms with Gasteiger partial charge in [0.1, 0.15) is 0 Å². The van der Waals surface area contributed by atoms with Gasteiger partial charge in [0, 0.05) is 11.1 Å². The average molecular weight is 164 g/mol. The molecule has 0 saturated heterocycles. The molecule has 0 radical (unpaired) electrons. The summed E-state index contributed by atoms with van der Waals surface area (Å²) in [6.07, 6.45) is 3.60. The van der Waals surface area contributed by atoms with Gasteiger partial charge in [-0.1, -0.05) is 0 Å². The quantitative estimate of drug-likeness (QED) is 0.604. The molecule has 0 heterocycles. The summed E-state index contributed by atoms with van der Waals surface area (Å²) >= 11 is 0. The molecule has 0 aliphatic heterocycles. The Balaban J connectivity index is 3.16. The predicted octanol–water partition coefficient (Wildman–Crippen LogP) is 2.29. The van der Waals surface area contributed by atoms with E-state index in [0.717, 1.165) is 5.57 Å². The van der Waals surface area contributed by atoms with E-state index >= 15 is 0 Å². The first kappa shape index (κ1) is 8.78. The molecule has 2 nitrogen and oxygen atoms in total. The van der Waals surface area contributed by atoms with Crippen molar-refractivity contribution in [2.75, 3.05) is 0 Å². The normalized spacial score (nSPS) is 20.2. The Morgan fingerprint density at radius 3 is 2.25 bits per heavy atom. The maximum atomic E-state index is 11.1. The molecule has 0 bridgehead atoms. The Morgan fingerprint density at radius 2 is 1.92 bits per heavy atom. The summed E-state index contributed by atoms with van der Waals surface area (Å²) in [5.74, 6) is 0.194. The molecule has 0 spiro atoms. The first-order chi connectivity index (χ1) is 5.52. The number of ketones is 1. The van der Waals surface area contributed by atoms with Gasteiger partial charge in [-0.3, -0.25) is 4.79 Å². The van der Waals surface area contributed by atoms with Crippen molar-refractivity contribution in [2.45, 2.75) is 20.8 Å². The molecule has 0 amide bonds. The van der Waals surface area contributed by atoms with Crippen molar-refractivity contribution >= 4 is 5.78 Å². The number of allylic oxidation sites excluding steroid dienone is 6. The maximum Gasteiger partial charge on any atom is 0.160 e. The number of carbonyl (C=O) groups is 1. The Labute approximate surface area is 71.9 Å². The highest BCUT2D eigenvalue weighted by atomic mass is 16.3. The standard InChI is InChI=1S/C10H12O2/c1-6-4-9(7(2)11)10(5-6)8(3)12/h4-5,11H,1-3H3/b9-7+. The molecule has 0 aromatic heterocycles. The minimum absolute atomic E-state index is 0.00787. The van der Waals surface area contributed by atoms with E-state index in [9.17, 15) is 9.90 Å². The summed E-state index contributed by atoms with van der Waals surface area (Å²) < 4.78 is 0. The molecule has 1 N–H and O–H groups in total. The fourth-order valence-corrected chi connectivity index (χ4v) is 1.24. The van der Waals surface area contributed by atoms with E-state index in [1.807, 2.05) is 13.0 Å². The summed E-state index contributed by atoms with van der Waals surface area (Å²) in [5, 5.41) is 9.23. The van der Waals surface area contributed by atoms with Crippen molar-refractivity contribution in [1.29, 1.82) is 0 Å². The van der Waals surface area contributed by atoms with Crippen LogP contribution in [0.25, 0.3) is 0 Å². The van der Waals surface area contributed by atoms with E-state index in [4.69, 9.17) is 0 Å². The fraction of sp³-hybridized carbons (Fsp3) is 0.300. The highest BCUT2D eigenvalue weighted by Crippen LogP contribution is 2.25. The van der Waals surface area contributed by atoms with Gasteiger partial charge in [0.05, 0.1) is 5.76 Å². The largest absolute Gasteiger partial charge is 0.512 e. The summed E-state index contributed by atoms with van der Waals surface area (Å²) in [4.78, 5) is 11.1. The smallest absolute Gasteiger partial charge is 0.160 e. The highest BCUT2D eigenvalue weighted by molar-refractivity contribution is 6.00. The molecular weight excluding hydrogens is 152 g/mol. The molecule has 0 saturated carbocycles. The lowest BCUT2D eigenvalue weighted by molar-refractivity contribution is -0.113. The van der Waals surface area contributed by atoms with Gasteiger partial charge >= 0.3 is 0 Å². The monoisotopic (exact) mass is 164 g/mol. The van der Waals surface area contributed by atoms with Crippen molar-refractivity contribution < 1.29 is 9.90 Å². The molecule has 0 atom stereocenters. The van der Waals surface area contributed by atoms with E-state index in [1.54, 1.807) is 13.0 Å². The van der Waals surface area contributed by atoms with Gasteiger partial charge in [0.25, 0.3) is 0 Å². The van der Waals surface area contributed by atoms with Crippen LogP contribution in [0, 0.1) is 0 Å². The molecule has 0 fully saturated rings. The zero-order chi connectivity index (χ0) is 9.30. The molecule has 0 unspecified atom stereocenters. The Bertz CT molecular complexity index is 313. The maximum absolute atomic E-state index is 11.1. The lowest BCUT2D eigenvalue weighted by atomic mass is 10.1. The molecule has 1 aliphatic rings. The minimum Gasteiger partial charge on any atom is -0.512 e. The van der Waals surface area contributed by atoms with E-state index in [1.165, 1.54) is 6.92 Å². The zero-order valence-corrected chi connectivity index (χ0v) is 7.51. The molecular formula is C10H12O2. The van der Waals surface area contributed by atoms with Crippen LogP contribution in [-0.2, 0) is 4.79 Å². The van der Waals surface area contributed by atoms with Crippen LogP contribution in [0.15, 0.2) is 34.6 Å². The molecule has 0 aromatic rings. The van der Waals surface area contributed by atoms with Gasteiger partial charge in [-0.05, 0) is 38.5 Å². The van der Waals surface area contributed by atoms with E-state index in [-0.39, 0.29) is 11.5 Å². The second-order valence-electron chi connectivity index (χ2n) is 3.00. The summed E-state index contributed by atoms with van der Waals surface area (Å²) in [6.45, 7) is 4.99. The fourth-order valence-electron chi connectivity index (χ4n) is 1.24. The third-order valence-corrected chi connectivity index (χ3v) is 1.80. The van der Waals surface area contributed by atoms with Crippen LogP contribution < -0.4 is 0 Å². The number of Topliss-reactive ketones (excluding diaryl/α,β-unsaturated/α-hetero) is 1. The van der Waals surface area contributed by atoms with E-state index < -0.39 is 0 Å². The van der Waals surface area contributed by atoms with Crippen molar-refractivity contribution in [2.24, 2.45) is 0 Å². The van der Waals surface area contributed by atoms with Gasteiger partial charge in [0.2, 0.25) is 0 Å². The second-order valence-corrected chi connectivity index (χ2v) is 3.00. The number of carbonyl (C=O) groups excluding carboxylic acids is 1. The van der Waals surface area contributed by atoms with Crippen LogP contribution in [0.1, 0.15) is 20.8 Å². The van der Waals surface area contributed by atoms with Crippen LogP contribution >= 0.6 is 0 Å². The third-order valence-electron chi connectivity index (χ3n) is 1.80. The lowest BCUT2D eigenvalue weighted by Gasteiger charge is -2.00. The van der Waals surface area contributed by atoms with Crippen LogP contribution in [0.5, 0.6) is 0 Å². The molecule has 64 valence electrons. The Kier molecular flexibility index (Phi) is 2.18. The number of hydrogen-bond donors (Lipinski definition) is 1. The molecule has 1 aliphatic carbocycles. The third kappa shape index (κ3) is 1.47. The van der Waals surface area contributed by atoms with Crippen LogP contribution in [0.2, 0.25) is 0 Å². The number of aliphatic hydroxyl groups is 1. The summed E-state index contributed by atoms with van der Waals surface area (Å²) in [6, 6.07) is 0. The van der Waals surface area contributed by atoms with E-state index in [2.05, 4.69) is 0 Å². The first-order valence-corrected chi connectivity index (χ1v) is 3.83.